The Kier molecular flexibility index (Phi) is 5.14. The van der Waals surface area contributed by atoms with Crippen molar-refractivity contribution in [1.82, 2.24) is 14.8 Å². The fourth-order valence-corrected chi connectivity index (χ4v) is 4.64. The average Bonchev–Trinajstić information content (AvgIpc) is 3.16. The number of thiazole rings is 1. The SMILES string of the molecule is Cc1nc(-c2ccsc2)sc1C(=O)N1CCN(CC(C)C)CC1. The zero-order valence-electron chi connectivity index (χ0n) is 13.9. The van der Waals surface area contributed by atoms with Crippen LogP contribution in [0.4, 0.5) is 0 Å². The van der Waals surface area contributed by atoms with Gasteiger partial charge in [-0.1, -0.05) is 13.8 Å². The Labute approximate surface area is 145 Å². The Morgan fingerprint density at radius 2 is 2.04 bits per heavy atom. The van der Waals surface area contributed by atoms with Crippen LogP contribution in [0.25, 0.3) is 10.6 Å². The van der Waals surface area contributed by atoms with E-state index in [2.05, 4.69) is 35.2 Å². The highest BCUT2D eigenvalue weighted by atomic mass is 32.1. The second-order valence-corrected chi connectivity index (χ2v) is 8.21. The van der Waals surface area contributed by atoms with Crippen LogP contribution >= 0.6 is 22.7 Å². The van der Waals surface area contributed by atoms with Crippen LogP contribution in [-0.4, -0.2) is 53.4 Å². The first-order valence-electron chi connectivity index (χ1n) is 8.06. The van der Waals surface area contributed by atoms with Gasteiger partial charge in [0.25, 0.3) is 5.91 Å². The number of aromatic nitrogens is 1. The molecule has 3 heterocycles. The van der Waals surface area contributed by atoms with Crippen LogP contribution in [0.15, 0.2) is 16.8 Å². The van der Waals surface area contributed by atoms with E-state index in [0.717, 1.165) is 53.9 Å². The first kappa shape index (κ1) is 16.6. The van der Waals surface area contributed by atoms with Gasteiger partial charge in [0.05, 0.1) is 5.69 Å². The van der Waals surface area contributed by atoms with Gasteiger partial charge in [-0.25, -0.2) is 4.98 Å². The molecule has 2 aromatic rings. The number of hydrogen-bond acceptors (Lipinski definition) is 5. The van der Waals surface area contributed by atoms with Gasteiger partial charge in [0.2, 0.25) is 0 Å². The van der Waals surface area contributed by atoms with Gasteiger partial charge in [-0.3, -0.25) is 9.69 Å². The second kappa shape index (κ2) is 7.11. The van der Waals surface area contributed by atoms with E-state index in [4.69, 9.17) is 0 Å². The van der Waals surface area contributed by atoms with Gasteiger partial charge in [0, 0.05) is 43.7 Å². The fraction of sp³-hybridized carbons (Fsp3) is 0.529. The van der Waals surface area contributed by atoms with Crippen molar-refractivity contribution in [2.45, 2.75) is 20.8 Å². The van der Waals surface area contributed by atoms with E-state index in [9.17, 15) is 4.79 Å². The summed E-state index contributed by atoms with van der Waals surface area (Å²) < 4.78 is 0. The molecule has 1 saturated heterocycles. The number of thiophene rings is 1. The van der Waals surface area contributed by atoms with Crippen LogP contribution in [0.2, 0.25) is 0 Å². The summed E-state index contributed by atoms with van der Waals surface area (Å²) in [4.78, 5) is 22.6. The monoisotopic (exact) mass is 349 g/mol. The standard InChI is InChI=1S/C17H23N3OS2/c1-12(2)10-19-5-7-20(8-6-19)17(21)15-13(3)18-16(23-15)14-4-9-22-11-14/h4,9,11-12H,5-8,10H2,1-3H3. The summed E-state index contributed by atoms with van der Waals surface area (Å²) in [5.41, 5.74) is 1.97. The van der Waals surface area contributed by atoms with Gasteiger partial charge in [-0.15, -0.1) is 11.3 Å². The first-order chi connectivity index (χ1) is 11.0. The van der Waals surface area contributed by atoms with Gasteiger partial charge in [0.1, 0.15) is 9.88 Å². The van der Waals surface area contributed by atoms with Crippen molar-refractivity contribution >= 4 is 28.6 Å². The van der Waals surface area contributed by atoms with Crippen molar-refractivity contribution in [3.8, 4) is 10.6 Å². The first-order valence-corrected chi connectivity index (χ1v) is 9.82. The van der Waals surface area contributed by atoms with E-state index in [0.29, 0.717) is 5.92 Å². The van der Waals surface area contributed by atoms with Gasteiger partial charge >= 0.3 is 0 Å². The minimum atomic E-state index is 0.144. The van der Waals surface area contributed by atoms with Gasteiger partial charge in [0.15, 0.2) is 0 Å². The van der Waals surface area contributed by atoms with Crippen LogP contribution in [0.3, 0.4) is 0 Å². The number of amides is 1. The molecular formula is C17H23N3OS2. The van der Waals surface area contributed by atoms with E-state index in [-0.39, 0.29) is 5.91 Å². The maximum absolute atomic E-state index is 12.8. The highest BCUT2D eigenvalue weighted by Gasteiger charge is 2.25. The van der Waals surface area contributed by atoms with Crippen LogP contribution < -0.4 is 0 Å². The van der Waals surface area contributed by atoms with E-state index < -0.39 is 0 Å². The average molecular weight is 350 g/mol. The molecule has 0 radical (unpaired) electrons. The van der Waals surface area contributed by atoms with Gasteiger partial charge in [-0.2, -0.15) is 11.3 Å². The summed E-state index contributed by atoms with van der Waals surface area (Å²) in [6.45, 7) is 11.1. The molecule has 0 aromatic carbocycles. The zero-order valence-corrected chi connectivity index (χ0v) is 15.5. The highest BCUT2D eigenvalue weighted by Crippen LogP contribution is 2.30. The molecule has 0 unspecified atom stereocenters. The molecule has 0 saturated carbocycles. The molecule has 23 heavy (non-hydrogen) atoms. The Hall–Kier alpha value is -1.24. The van der Waals surface area contributed by atoms with Crippen molar-refractivity contribution in [3.05, 3.63) is 27.4 Å². The summed E-state index contributed by atoms with van der Waals surface area (Å²) in [5.74, 6) is 0.819. The molecule has 124 valence electrons. The molecule has 0 spiro atoms. The summed E-state index contributed by atoms with van der Waals surface area (Å²) in [7, 11) is 0. The molecular weight excluding hydrogens is 326 g/mol. The predicted molar refractivity (Wildman–Crippen MR) is 97.3 cm³/mol. The maximum Gasteiger partial charge on any atom is 0.265 e. The number of hydrogen-bond donors (Lipinski definition) is 0. The molecule has 1 aliphatic rings. The lowest BCUT2D eigenvalue weighted by Crippen LogP contribution is -2.49. The maximum atomic E-state index is 12.8. The normalized spacial score (nSPS) is 16.3. The highest BCUT2D eigenvalue weighted by molar-refractivity contribution is 7.17. The molecule has 1 aliphatic heterocycles. The lowest BCUT2D eigenvalue weighted by molar-refractivity contribution is 0.0627. The molecule has 3 rings (SSSR count). The lowest BCUT2D eigenvalue weighted by atomic mass is 10.2. The Morgan fingerprint density at radius 1 is 1.30 bits per heavy atom. The molecule has 2 aromatic heterocycles. The van der Waals surface area contributed by atoms with Crippen LogP contribution in [-0.2, 0) is 0 Å². The Bertz CT molecular complexity index is 655. The third-order valence-electron chi connectivity index (χ3n) is 4.04. The lowest BCUT2D eigenvalue weighted by Gasteiger charge is -2.35. The van der Waals surface area contributed by atoms with E-state index in [1.807, 2.05) is 17.2 Å². The quantitative estimate of drug-likeness (QED) is 0.846. The van der Waals surface area contributed by atoms with Crippen molar-refractivity contribution in [1.29, 1.82) is 0 Å². The van der Waals surface area contributed by atoms with E-state index >= 15 is 0 Å². The molecule has 6 heteroatoms. The van der Waals surface area contributed by atoms with Gasteiger partial charge < -0.3 is 4.90 Å². The van der Waals surface area contributed by atoms with E-state index in [1.165, 1.54) is 11.3 Å². The fourth-order valence-electron chi connectivity index (χ4n) is 2.90. The number of nitrogens with zero attached hydrogens (tertiary/aromatic N) is 3. The summed E-state index contributed by atoms with van der Waals surface area (Å²) >= 11 is 3.18. The largest absolute Gasteiger partial charge is 0.335 e. The van der Waals surface area contributed by atoms with Crippen molar-refractivity contribution < 1.29 is 4.79 Å². The zero-order chi connectivity index (χ0) is 16.4. The van der Waals surface area contributed by atoms with E-state index in [1.54, 1.807) is 11.3 Å². The Balaban J connectivity index is 1.67. The summed E-state index contributed by atoms with van der Waals surface area (Å²) in [6.07, 6.45) is 0. The molecule has 0 aliphatic carbocycles. The minimum absolute atomic E-state index is 0.144. The number of rotatable bonds is 4. The summed E-state index contributed by atoms with van der Waals surface area (Å²) in [5, 5.41) is 5.07. The van der Waals surface area contributed by atoms with Crippen molar-refractivity contribution in [3.63, 3.8) is 0 Å². The third-order valence-corrected chi connectivity index (χ3v) is 5.92. The Morgan fingerprint density at radius 3 is 2.65 bits per heavy atom. The van der Waals surface area contributed by atoms with Crippen molar-refractivity contribution in [2.75, 3.05) is 32.7 Å². The smallest absolute Gasteiger partial charge is 0.265 e. The second-order valence-electron chi connectivity index (χ2n) is 6.43. The third kappa shape index (κ3) is 3.82. The van der Waals surface area contributed by atoms with Gasteiger partial charge in [-0.05, 0) is 24.3 Å². The molecule has 0 bridgehead atoms. The molecule has 4 nitrogen and oxygen atoms in total. The number of carbonyl (C=O) groups excluding carboxylic acids is 1. The van der Waals surface area contributed by atoms with Crippen molar-refractivity contribution in [2.24, 2.45) is 5.92 Å². The molecule has 0 atom stereocenters. The predicted octanol–water partition coefficient (Wildman–Crippen LogP) is 3.59. The molecule has 0 N–H and O–H groups in total. The minimum Gasteiger partial charge on any atom is -0.335 e. The number of piperazine rings is 1. The molecule has 1 fully saturated rings. The topological polar surface area (TPSA) is 36.4 Å². The number of aryl methyl sites for hydroxylation is 1. The molecule has 1 amide bonds. The van der Waals surface area contributed by atoms with Crippen LogP contribution in [0.1, 0.15) is 29.2 Å². The van der Waals surface area contributed by atoms with Crippen LogP contribution in [0.5, 0.6) is 0 Å². The summed E-state index contributed by atoms with van der Waals surface area (Å²) in [6, 6.07) is 2.06. The van der Waals surface area contributed by atoms with Crippen LogP contribution in [0, 0.1) is 12.8 Å². The number of carbonyl (C=O) groups is 1.